The molecule has 1 saturated carbocycles. The van der Waals surface area contributed by atoms with E-state index in [2.05, 4.69) is 0 Å². The highest BCUT2D eigenvalue weighted by atomic mass is 19.4. The summed E-state index contributed by atoms with van der Waals surface area (Å²) in [7, 11) is 0. The van der Waals surface area contributed by atoms with Crippen LogP contribution >= 0.6 is 0 Å². The number of hydrogen-bond acceptors (Lipinski definition) is 2. The van der Waals surface area contributed by atoms with Crippen LogP contribution in [0.5, 0.6) is 0 Å². The van der Waals surface area contributed by atoms with Gasteiger partial charge in [0.25, 0.3) is 0 Å². The van der Waals surface area contributed by atoms with Gasteiger partial charge in [0.1, 0.15) is 0 Å². The van der Waals surface area contributed by atoms with E-state index in [1.54, 1.807) is 0 Å². The van der Waals surface area contributed by atoms with Gasteiger partial charge in [0.15, 0.2) is 0 Å². The van der Waals surface area contributed by atoms with Crippen LogP contribution in [0.3, 0.4) is 0 Å². The third-order valence-electron chi connectivity index (χ3n) is 3.63. The first-order valence-electron chi connectivity index (χ1n) is 5.97. The van der Waals surface area contributed by atoms with E-state index in [0.29, 0.717) is 18.4 Å². The summed E-state index contributed by atoms with van der Waals surface area (Å²) in [5.41, 5.74) is 5.13. The second kappa shape index (κ2) is 4.55. The molecule has 0 radical (unpaired) electrons. The average Bonchev–Trinajstić information content (AvgIpc) is 2.75. The van der Waals surface area contributed by atoms with Gasteiger partial charge in [-0.05, 0) is 30.5 Å². The van der Waals surface area contributed by atoms with Crippen LogP contribution in [0.1, 0.15) is 42.9 Å². The van der Waals surface area contributed by atoms with Crippen molar-refractivity contribution in [3.8, 4) is 0 Å². The zero-order valence-electron chi connectivity index (χ0n) is 9.87. The van der Waals surface area contributed by atoms with E-state index < -0.39 is 23.4 Å². The van der Waals surface area contributed by atoms with Gasteiger partial charge in [-0.25, -0.2) is 0 Å². The Morgan fingerprint density at radius 3 is 2.06 bits per heavy atom. The van der Waals surface area contributed by atoms with Crippen LogP contribution in [0.2, 0.25) is 0 Å². The molecule has 0 heterocycles. The van der Waals surface area contributed by atoms with Crippen LogP contribution in [0, 0.1) is 0 Å². The van der Waals surface area contributed by atoms with Crippen LogP contribution in [-0.2, 0) is 6.18 Å². The van der Waals surface area contributed by atoms with Crippen molar-refractivity contribution < 1.29 is 18.3 Å². The fourth-order valence-electron chi connectivity index (χ4n) is 2.49. The van der Waals surface area contributed by atoms with Crippen molar-refractivity contribution in [3.63, 3.8) is 0 Å². The maximum Gasteiger partial charge on any atom is 0.416 e. The molecule has 2 rings (SSSR count). The van der Waals surface area contributed by atoms with Crippen molar-refractivity contribution in [1.29, 1.82) is 0 Å². The first-order chi connectivity index (χ1) is 8.33. The first-order valence-corrected chi connectivity index (χ1v) is 5.97. The van der Waals surface area contributed by atoms with Gasteiger partial charge in [-0.3, -0.25) is 0 Å². The summed E-state index contributed by atoms with van der Waals surface area (Å²) in [5.74, 6) is 0. The second-order valence-corrected chi connectivity index (χ2v) is 4.96. The Hall–Kier alpha value is -1.07. The molecule has 100 valence electrons. The smallest absolute Gasteiger partial charge is 0.386 e. The Labute approximate surface area is 104 Å². The molecular formula is C13H16F3NO. The van der Waals surface area contributed by atoms with E-state index in [1.807, 2.05) is 0 Å². The zero-order chi connectivity index (χ0) is 13.4. The average molecular weight is 259 g/mol. The minimum Gasteiger partial charge on any atom is -0.386 e. The molecule has 1 fully saturated rings. The molecule has 1 aromatic carbocycles. The Balaban J connectivity index is 2.19. The molecule has 2 nitrogen and oxygen atoms in total. The molecule has 1 unspecified atom stereocenters. The fourth-order valence-corrected chi connectivity index (χ4v) is 2.49. The summed E-state index contributed by atoms with van der Waals surface area (Å²) in [4.78, 5) is 0. The predicted molar refractivity (Wildman–Crippen MR) is 61.8 cm³/mol. The van der Waals surface area contributed by atoms with Crippen molar-refractivity contribution in [2.75, 3.05) is 0 Å². The van der Waals surface area contributed by atoms with Gasteiger partial charge < -0.3 is 10.8 Å². The molecule has 1 aromatic rings. The van der Waals surface area contributed by atoms with E-state index >= 15 is 0 Å². The molecule has 0 amide bonds. The van der Waals surface area contributed by atoms with Gasteiger partial charge >= 0.3 is 6.18 Å². The highest BCUT2D eigenvalue weighted by molar-refractivity contribution is 5.28. The van der Waals surface area contributed by atoms with Crippen LogP contribution in [0.25, 0.3) is 0 Å². The van der Waals surface area contributed by atoms with Crippen molar-refractivity contribution in [3.05, 3.63) is 35.4 Å². The van der Waals surface area contributed by atoms with Crippen LogP contribution < -0.4 is 5.73 Å². The third kappa shape index (κ3) is 2.52. The summed E-state index contributed by atoms with van der Waals surface area (Å²) in [5, 5.41) is 10.2. The number of aliphatic hydroxyl groups is 1. The summed E-state index contributed by atoms with van der Waals surface area (Å²) in [6.45, 7) is 0. The summed E-state index contributed by atoms with van der Waals surface area (Å²) in [6, 6.07) is 4.58. The number of hydrogen-bond donors (Lipinski definition) is 2. The number of halogens is 3. The molecule has 0 bridgehead atoms. The maximum atomic E-state index is 12.4. The van der Waals surface area contributed by atoms with Gasteiger partial charge in [0, 0.05) is 5.54 Å². The standard InChI is InChI=1S/C13H16F3NO/c14-13(15,16)10-5-3-9(4-6-10)11(18)12(17)7-1-2-8-12/h3-6,11,18H,1-2,7-8,17H2. The second-order valence-electron chi connectivity index (χ2n) is 4.96. The Kier molecular flexibility index (Phi) is 3.38. The lowest BCUT2D eigenvalue weighted by Crippen LogP contribution is -2.43. The van der Waals surface area contributed by atoms with E-state index in [0.717, 1.165) is 25.0 Å². The van der Waals surface area contributed by atoms with Gasteiger partial charge in [-0.15, -0.1) is 0 Å². The molecule has 18 heavy (non-hydrogen) atoms. The van der Waals surface area contributed by atoms with Gasteiger partial charge in [0.05, 0.1) is 11.7 Å². The highest BCUT2D eigenvalue weighted by Gasteiger charge is 2.38. The number of rotatable bonds is 2. The SMILES string of the molecule is NC1(C(O)c2ccc(C(F)(F)F)cc2)CCCC1. The Morgan fingerprint density at radius 1 is 1.11 bits per heavy atom. The molecular weight excluding hydrogens is 243 g/mol. The Bertz CT molecular complexity index is 407. The number of nitrogens with two attached hydrogens (primary N) is 1. The molecule has 1 atom stereocenters. The molecule has 1 aliphatic carbocycles. The number of benzene rings is 1. The minimum absolute atomic E-state index is 0.451. The fraction of sp³-hybridized carbons (Fsp3) is 0.538. The maximum absolute atomic E-state index is 12.4. The van der Waals surface area contributed by atoms with Crippen molar-refractivity contribution in [2.45, 2.75) is 43.5 Å². The number of alkyl halides is 3. The molecule has 0 saturated heterocycles. The lowest BCUT2D eigenvalue weighted by atomic mass is 9.87. The van der Waals surface area contributed by atoms with Crippen molar-refractivity contribution in [1.82, 2.24) is 0 Å². The molecule has 0 aromatic heterocycles. The van der Waals surface area contributed by atoms with Crippen LogP contribution in [0.4, 0.5) is 13.2 Å². The van der Waals surface area contributed by atoms with E-state index in [9.17, 15) is 18.3 Å². The zero-order valence-corrected chi connectivity index (χ0v) is 9.87. The first kappa shape index (κ1) is 13.4. The molecule has 5 heteroatoms. The summed E-state index contributed by atoms with van der Waals surface area (Å²) < 4.78 is 37.2. The topological polar surface area (TPSA) is 46.2 Å². The molecule has 0 aliphatic heterocycles. The van der Waals surface area contributed by atoms with E-state index in [1.165, 1.54) is 12.1 Å². The van der Waals surface area contributed by atoms with E-state index in [4.69, 9.17) is 5.73 Å². The third-order valence-corrected chi connectivity index (χ3v) is 3.63. The molecule has 3 N–H and O–H groups in total. The normalized spacial score (nSPS) is 20.9. The van der Waals surface area contributed by atoms with E-state index in [-0.39, 0.29) is 0 Å². The number of aliphatic hydroxyl groups excluding tert-OH is 1. The van der Waals surface area contributed by atoms with Crippen molar-refractivity contribution in [2.24, 2.45) is 5.73 Å². The monoisotopic (exact) mass is 259 g/mol. The van der Waals surface area contributed by atoms with Gasteiger partial charge in [-0.2, -0.15) is 13.2 Å². The van der Waals surface area contributed by atoms with Gasteiger partial charge in [0.2, 0.25) is 0 Å². The lowest BCUT2D eigenvalue weighted by molar-refractivity contribution is -0.137. The largest absolute Gasteiger partial charge is 0.416 e. The Morgan fingerprint density at radius 2 is 1.61 bits per heavy atom. The lowest BCUT2D eigenvalue weighted by Gasteiger charge is -2.30. The molecule has 0 spiro atoms. The molecule has 1 aliphatic rings. The summed E-state index contributed by atoms with van der Waals surface area (Å²) >= 11 is 0. The van der Waals surface area contributed by atoms with Gasteiger partial charge in [-0.1, -0.05) is 25.0 Å². The minimum atomic E-state index is -4.35. The van der Waals surface area contributed by atoms with Crippen molar-refractivity contribution >= 4 is 0 Å². The van der Waals surface area contributed by atoms with Crippen LogP contribution in [0.15, 0.2) is 24.3 Å². The quantitative estimate of drug-likeness (QED) is 0.857. The predicted octanol–water partition coefficient (Wildman–Crippen LogP) is 3.01. The summed E-state index contributed by atoms with van der Waals surface area (Å²) in [6.07, 6.45) is -1.94. The van der Waals surface area contributed by atoms with Crippen LogP contribution in [-0.4, -0.2) is 10.6 Å². The highest BCUT2D eigenvalue weighted by Crippen LogP contribution is 2.38.